The molecule has 2 aliphatic rings. The van der Waals surface area contributed by atoms with Crippen molar-refractivity contribution >= 4 is 35.3 Å². The Kier molecular flexibility index (Phi) is 6.28. The van der Waals surface area contributed by atoms with Gasteiger partial charge < -0.3 is 9.26 Å². The fourth-order valence-electron chi connectivity index (χ4n) is 4.74. The van der Waals surface area contributed by atoms with Crippen molar-refractivity contribution in [2.24, 2.45) is 0 Å². The number of anilines is 1. The van der Waals surface area contributed by atoms with Gasteiger partial charge in [-0.15, -0.1) is 0 Å². The molecule has 2 heterocycles. The van der Waals surface area contributed by atoms with Gasteiger partial charge in [-0.25, -0.2) is 9.36 Å². The molecule has 5 rings (SSSR count). The molecule has 0 N–H and O–H groups in total. The first-order valence-corrected chi connectivity index (χ1v) is 13.7. The molecule has 8 heteroatoms. The molecule has 2 unspecified atom stereocenters. The molecule has 0 bridgehead atoms. The van der Waals surface area contributed by atoms with Gasteiger partial charge >= 0.3 is 13.6 Å². The Morgan fingerprint density at radius 1 is 1.12 bits per heavy atom. The molecule has 0 radical (unpaired) electrons. The molecule has 0 saturated heterocycles. The summed E-state index contributed by atoms with van der Waals surface area (Å²) >= 11 is 3.54. The van der Waals surface area contributed by atoms with E-state index in [4.69, 9.17) is 9.26 Å². The maximum atomic E-state index is 15.1. The molecule has 2 aliphatic heterocycles. The summed E-state index contributed by atoms with van der Waals surface area (Å²) in [6, 6.07) is 22.4. The summed E-state index contributed by atoms with van der Waals surface area (Å²) in [5.41, 5.74) is 3.65. The molecular formula is C26H26BrN2O4P. The molecule has 34 heavy (non-hydrogen) atoms. The first-order chi connectivity index (χ1) is 16.4. The molecule has 0 spiro atoms. The predicted octanol–water partition coefficient (Wildman–Crippen LogP) is 6.51. The molecular weight excluding hydrogens is 515 g/mol. The number of benzene rings is 3. The van der Waals surface area contributed by atoms with Crippen LogP contribution in [0.1, 0.15) is 36.6 Å². The molecule has 6 nitrogen and oxygen atoms in total. The molecule has 0 aliphatic carbocycles. The Bertz CT molecular complexity index is 1270. The maximum Gasteiger partial charge on any atom is 0.424 e. The lowest BCUT2D eigenvalue weighted by atomic mass is 10.1. The minimum absolute atomic E-state index is 0.227. The zero-order valence-corrected chi connectivity index (χ0v) is 21.5. The number of hydrogen-bond donors (Lipinski definition) is 0. The van der Waals surface area contributed by atoms with Crippen LogP contribution in [0.3, 0.4) is 0 Å². The molecule has 0 saturated carbocycles. The van der Waals surface area contributed by atoms with Crippen molar-refractivity contribution < 1.29 is 18.6 Å². The summed E-state index contributed by atoms with van der Waals surface area (Å²) in [7, 11) is -3.76. The second kappa shape index (κ2) is 9.21. The molecule has 176 valence electrons. The van der Waals surface area contributed by atoms with Crippen molar-refractivity contribution in [3.8, 4) is 5.75 Å². The largest absolute Gasteiger partial charge is 0.464 e. The van der Waals surface area contributed by atoms with Gasteiger partial charge in [-0.3, -0.25) is 4.67 Å². The van der Waals surface area contributed by atoms with E-state index in [0.29, 0.717) is 18.7 Å². The number of esters is 1. The zero-order chi connectivity index (χ0) is 23.9. The summed E-state index contributed by atoms with van der Waals surface area (Å²) < 4.78 is 31.4. The average Bonchev–Trinajstić information content (AvgIpc) is 3.25. The third kappa shape index (κ3) is 3.96. The van der Waals surface area contributed by atoms with Crippen LogP contribution < -0.4 is 9.19 Å². The Morgan fingerprint density at radius 3 is 2.62 bits per heavy atom. The lowest BCUT2D eigenvalue weighted by Gasteiger charge is -2.45. The normalized spacial score (nSPS) is 22.4. The lowest BCUT2D eigenvalue weighted by Crippen LogP contribution is -2.45. The van der Waals surface area contributed by atoms with Crippen LogP contribution in [0.25, 0.3) is 0 Å². The average molecular weight is 541 g/mol. The Hall–Kier alpha value is -2.60. The fraction of sp³-hybridized carbons (Fsp3) is 0.269. The third-order valence-electron chi connectivity index (χ3n) is 6.40. The Balaban J connectivity index is 1.67. The van der Waals surface area contributed by atoms with Crippen molar-refractivity contribution in [1.82, 2.24) is 4.67 Å². The van der Waals surface area contributed by atoms with Crippen molar-refractivity contribution in [3.63, 3.8) is 0 Å². The van der Waals surface area contributed by atoms with Crippen molar-refractivity contribution in [2.75, 3.05) is 11.3 Å². The summed E-state index contributed by atoms with van der Waals surface area (Å²) in [5.74, 6) is 0.168. The van der Waals surface area contributed by atoms with Crippen molar-refractivity contribution in [2.45, 2.75) is 38.9 Å². The number of halogens is 1. The second-order valence-corrected chi connectivity index (χ2v) is 11.5. The number of nitrogens with zero attached hydrogens (tertiary/aromatic N) is 2. The van der Waals surface area contributed by atoms with E-state index in [1.807, 2.05) is 84.4 Å². The molecule has 3 aromatic carbocycles. The van der Waals surface area contributed by atoms with Gasteiger partial charge in [0, 0.05) is 29.0 Å². The topological polar surface area (TPSA) is 59.1 Å². The summed E-state index contributed by atoms with van der Waals surface area (Å²) in [4.78, 5) is 13.1. The van der Waals surface area contributed by atoms with E-state index in [2.05, 4.69) is 15.9 Å². The van der Waals surface area contributed by atoms with Crippen LogP contribution >= 0.6 is 23.6 Å². The number of carbonyl (C=O) groups excluding carboxylic acids is 1. The second-order valence-electron chi connectivity index (χ2n) is 8.46. The van der Waals surface area contributed by atoms with Crippen LogP contribution in [-0.2, 0) is 27.1 Å². The SMILES string of the molecule is CCOC(=O)[C@@H]1Cc2ccccc2N1P1(=O)Oc2ccc(Br)cc2CN1C(C)c1ccccc1. The van der Waals surface area contributed by atoms with E-state index in [-0.39, 0.29) is 12.6 Å². The number of ether oxygens (including phenoxy) is 1. The van der Waals surface area contributed by atoms with Crippen LogP contribution in [0, 0.1) is 0 Å². The molecule has 3 atom stereocenters. The van der Waals surface area contributed by atoms with E-state index in [0.717, 1.165) is 26.9 Å². The van der Waals surface area contributed by atoms with Crippen molar-refractivity contribution in [1.29, 1.82) is 0 Å². The van der Waals surface area contributed by atoms with E-state index >= 15 is 4.57 Å². The van der Waals surface area contributed by atoms with Gasteiger partial charge in [0.2, 0.25) is 0 Å². The first-order valence-electron chi connectivity index (χ1n) is 11.4. The van der Waals surface area contributed by atoms with Gasteiger partial charge in [0.05, 0.1) is 12.3 Å². The minimum Gasteiger partial charge on any atom is -0.464 e. The molecule has 0 fully saturated rings. The van der Waals surface area contributed by atoms with Gasteiger partial charge in [-0.2, -0.15) is 4.67 Å². The van der Waals surface area contributed by atoms with E-state index in [9.17, 15) is 4.79 Å². The van der Waals surface area contributed by atoms with Gasteiger partial charge in [-0.1, -0.05) is 64.5 Å². The highest BCUT2D eigenvalue weighted by Crippen LogP contribution is 2.65. The van der Waals surface area contributed by atoms with Crippen LogP contribution in [0.15, 0.2) is 77.3 Å². The highest BCUT2D eigenvalue weighted by atomic mass is 79.9. The zero-order valence-electron chi connectivity index (χ0n) is 19.1. The van der Waals surface area contributed by atoms with E-state index in [1.54, 1.807) is 11.6 Å². The first kappa shape index (κ1) is 23.2. The third-order valence-corrected chi connectivity index (χ3v) is 9.51. The standard InChI is InChI=1S/C26H26BrN2O4P/c1-3-32-26(30)24-16-20-11-7-8-12-23(20)29(24)34(31)28(18(2)19-9-5-4-6-10-19)17-21-15-22(27)13-14-25(21)33-34/h4-15,18,24H,3,16-17H2,1-2H3/t18?,24-,34?/m0/s1. The molecule has 0 aromatic heterocycles. The quantitative estimate of drug-likeness (QED) is 0.271. The number of rotatable bonds is 5. The monoisotopic (exact) mass is 540 g/mol. The van der Waals surface area contributed by atoms with Crippen LogP contribution in [0.5, 0.6) is 5.75 Å². The smallest absolute Gasteiger partial charge is 0.424 e. The number of carbonyl (C=O) groups is 1. The highest BCUT2D eigenvalue weighted by molar-refractivity contribution is 9.10. The van der Waals surface area contributed by atoms with Gasteiger partial charge in [0.15, 0.2) is 0 Å². The van der Waals surface area contributed by atoms with Gasteiger partial charge in [0.25, 0.3) is 0 Å². The van der Waals surface area contributed by atoms with E-state index in [1.165, 1.54) is 0 Å². The minimum atomic E-state index is -3.76. The van der Waals surface area contributed by atoms with Crippen LogP contribution in [-0.4, -0.2) is 23.3 Å². The Labute approximate surface area is 208 Å². The maximum absolute atomic E-state index is 15.1. The van der Waals surface area contributed by atoms with Crippen LogP contribution in [0.2, 0.25) is 0 Å². The number of fused-ring (bicyclic) bond motifs is 2. The summed E-state index contributed by atoms with van der Waals surface area (Å²) in [6.07, 6.45) is 0.420. The van der Waals surface area contributed by atoms with Crippen molar-refractivity contribution in [3.05, 3.63) is 94.0 Å². The summed E-state index contributed by atoms with van der Waals surface area (Å²) in [5, 5.41) is 0. The van der Waals surface area contributed by atoms with Crippen LogP contribution in [0.4, 0.5) is 5.69 Å². The Morgan fingerprint density at radius 2 is 1.85 bits per heavy atom. The number of hydrogen-bond acceptors (Lipinski definition) is 4. The van der Waals surface area contributed by atoms with E-state index < -0.39 is 19.7 Å². The highest BCUT2D eigenvalue weighted by Gasteiger charge is 2.54. The molecule has 0 amide bonds. The number of para-hydroxylation sites is 1. The fourth-order valence-corrected chi connectivity index (χ4v) is 7.92. The van der Waals surface area contributed by atoms with Gasteiger partial charge in [0.1, 0.15) is 11.8 Å². The predicted molar refractivity (Wildman–Crippen MR) is 136 cm³/mol. The summed E-state index contributed by atoms with van der Waals surface area (Å²) in [6.45, 7) is 4.47. The van der Waals surface area contributed by atoms with Gasteiger partial charge in [-0.05, 0) is 49.2 Å². The lowest BCUT2D eigenvalue weighted by molar-refractivity contribution is -0.144. The molecule has 3 aromatic rings.